The number of halogens is 1. The number of piperidine rings is 1. The first-order valence-electron chi connectivity index (χ1n) is 12.0. The van der Waals surface area contributed by atoms with E-state index in [-0.39, 0.29) is 36.1 Å². The Kier molecular flexibility index (Phi) is 12.0. The summed E-state index contributed by atoms with van der Waals surface area (Å²) in [5.74, 6) is 1.31. The number of carbonyl (C=O) groups excluding carboxylic acids is 1. The number of aryl methyl sites for hydroxylation is 2. The molecule has 2 rings (SSSR count). The maximum atomic E-state index is 12.4. The molecule has 0 bridgehead atoms. The van der Waals surface area contributed by atoms with Gasteiger partial charge in [0, 0.05) is 45.0 Å². The van der Waals surface area contributed by atoms with Gasteiger partial charge in [-0.3, -0.25) is 9.67 Å². The van der Waals surface area contributed by atoms with Gasteiger partial charge in [0.15, 0.2) is 5.96 Å². The molecule has 0 spiro atoms. The van der Waals surface area contributed by atoms with Crippen LogP contribution in [0.2, 0.25) is 0 Å². The molecule has 2 unspecified atom stereocenters. The molecule has 1 aliphatic heterocycles. The van der Waals surface area contributed by atoms with Crippen molar-refractivity contribution in [1.82, 2.24) is 25.3 Å². The molecule has 0 saturated carbocycles. The quantitative estimate of drug-likeness (QED) is 0.289. The summed E-state index contributed by atoms with van der Waals surface area (Å²) in [5.41, 5.74) is 3.15. The Morgan fingerprint density at radius 1 is 1.33 bits per heavy atom. The number of aliphatic imine (C=N–C) groups is 1. The fourth-order valence-corrected chi connectivity index (χ4v) is 4.18. The highest BCUT2D eigenvalue weighted by molar-refractivity contribution is 14.0. The second-order valence-corrected chi connectivity index (χ2v) is 10.0. The van der Waals surface area contributed by atoms with Crippen molar-refractivity contribution in [2.45, 2.75) is 85.8 Å². The number of nitrogens with zero attached hydrogens (tertiary/aromatic N) is 4. The average Bonchev–Trinajstić information content (AvgIpc) is 2.93. The van der Waals surface area contributed by atoms with Crippen LogP contribution in [0.25, 0.3) is 0 Å². The SMILES string of the molecule is CCNC(=NCCC1CCCN(C(=O)OC(C)(C)C)C1)NC(C)Cc1c(C)nn(C)c1C.I. The molecule has 0 aromatic carbocycles. The molecule has 2 heterocycles. The van der Waals surface area contributed by atoms with Crippen molar-refractivity contribution in [1.29, 1.82) is 0 Å². The molecule has 1 aliphatic rings. The van der Waals surface area contributed by atoms with E-state index >= 15 is 0 Å². The lowest BCUT2D eigenvalue weighted by Crippen LogP contribution is -2.44. The zero-order valence-corrected chi connectivity index (χ0v) is 24.2. The Hall–Kier alpha value is -1.52. The summed E-state index contributed by atoms with van der Waals surface area (Å²) >= 11 is 0. The first-order valence-corrected chi connectivity index (χ1v) is 12.0. The minimum atomic E-state index is -0.454. The fraction of sp³-hybridized carbons (Fsp3) is 0.792. The summed E-state index contributed by atoms with van der Waals surface area (Å²) in [6.45, 7) is 17.3. The van der Waals surface area contributed by atoms with Crippen LogP contribution in [0.3, 0.4) is 0 Å². The molecular weight excluding hydrogens is 531 g/mol. The van der Waals surface area contributed by atoms with E-state index in [2.05, 4.69) is 43.4 Å². The molecule has 33 heavy (non-hydrogen) atoms. The van der Waals surface area contributed by atoms with Crippen LogP contribution in [0.5, 0.6) is 0 Å². The highest BCUT2D eigenvalue weighted by atomic mass is 127. The van der Waals surface area contributed by atoms with E-state index in [4.69, 9.17) is 9.73 Å². The summed E-state index contributed by atoms with van der Waals surface area (Å²) in [5, 5.41) is 11.4. The monoisotopic (exact) mass is 576 g/mol. The molecule has 0 aliphatic carbocycles. The second-order valence-electron chi connectivity index (χ2n) is 10.0. The molecule has 2 N–H and O–H groups in total. The summed E-state index contributed by atoms with van der Waals surface area (Å²) in [7, 11) is 1.99. The van der Waals surface area contributed by atoms with Crippen LogP contribution in [0.1, 0.15) is 70.8 Å². The minimum Gasteiger partial charge on any atom is -0.444 e. The number of likely N-dealkylation sites (tertiary alicyclic amines) is 1. The van der Waals surface area contributed by atoms with E-state index in [9.17, 15) is 4.79 Å². The zero-order valence-electron chi connectivity index (χ0n) is 21.8. The lowest BCUT2D eigenvalue weighted by molar-refractivity contribution is 0.0163. The van der Waals surface area contributed by atoms with Crippen molar-refractivity contribution >= 4 is 36.0 Å². The Balaban J connectivity index is 0.00000544. The van der Waals surface area contributed by atoms with Crippen LogP contribution in [-0.2, 0) is 18.2 Å². The Bertz CT molecular complexity index is 787. The van der Waals surface area contributed by atoms with Gasteiger partial charge < -0.3 is 20.3 Å². The fourth-order valence-electron chi connectivity index (χ4n) is 4.18. The average molecular weight is 577 g/mol. The van der Waals surface area contributed by atoms with Crippen molar-refractivity contribution in [3.05, 3.63) is 17.0 Å². The summed E-state index contributed by atoms with van der Waals surface area (Å²) in [6.07, 6.45) is 3.83. The van der Waals surface area contributed by atoms with Gasteiger partial charge in [-0.15, -0.1) is 24.0 Å². The van der Waals surface area contributed by atoms with Gasteiger partial charge in [0.1, 0.15) is 5.60 Å². The standard InChI is InChI=1S/C24H44N6O2.HI/c1-9-25-22(27-17(2)15-21-18(3)28-29(8)19(21)4)26-13-12-20-11-10-14-30(16-20)23(31)32-24(5,6)7;/h17,20H,9-16H2,1-8H3,(H2,25,26,27);1H. The Labute approximate surface area is 217 Å². The van der Waals surface area contributed by atoms with Gasteiger partial charge in [0.05, 0.1) is 5.69 Å². The van der Waals surface area contributed by atoms with Crippen molar-refractivity contribution in [2.24, 2.45) is 18.0 Å². The minimum absolute atomic E-state index is 0. The molecule has 1 fully saturated rings. The lowest BCUT2D eigenvalue weighted by atomic mass is 9.95. The zero-order chi connectivity index (χ0) is 23.9. The number of nitrogens with one attached hydrogen (secondary N) is 2. The predicted molar refractivity (Wildman–Crippen MR) is 146 cm³/mol. The predicted octanol–water partition coefficient (Wildman–Crippen LogP) is 4.18. The van der Waals surface area contributed by atoms with Crippen LogP contribution in [-0.4, -0.2) is 64.6 Å². The third kappa shape index (κ3) is 9.70. The molecule has 1 aromatic rings. The van der Waals surface area contributed by atoms with Crippen LogP contribution in [0.15, 0.2) is 4.99 Å². The number of carbonyl (C=O) groups is 1. The van der Waals surface area contributed by atoms with E-state index < -0.39 is 5.60 Å². The van der Waals surface area contributed by atoms with Crippen LogP contribution in [0.4, 0.5) is 4.79 Å². The first kappa shape index (κ1) is 29.5. The maximum absolute atomic E-state index is 12.4. The lowest BCUT2D eigenvalue weighted by Gasteiger charge is -2.34. The van der Waals surface area contributed by atoms with Gasteiger partial charge >= 0.3 is 6.09 Å². The summed E-state index contributed by atoms with van der Waals surface area (Å²) < 4.78 is 7.49. The number of rotatable bonds is 7. The molecule has 190 valence electrons. The van der Waals surface area contributed by atoms with Gasteiger partial charge in [0.25, 0.3) is 0 Å². The van der Waals surface area contributed by atoms with Crippen molar-refractivity contribution < 1.29 is 9.53 Å². The molecule has 8 nitrogen and oxygen atoms in total. The second kappa shape index (κ2) is 13.4. The molecule has 1 saturated heterocycles. The number of ether oxygens (including phenoxy) is 1. The number of hydrogen-bond acceptors (Lipinski definition) is 4. The largest absolute Gasteiger partial charge is 0.444 e. The van der Waals surface area contributed by atoms with Crippen LogP contribution in [0, 0.1) is 19.8 Å². The number of amides is 1. The Morgan fingerprint density at radius 2 is 2.03 bits per heavy atom. The summed E-state index contributed by atoms with van der Waals surface area (Å²) in [4.78, 5) is 19.1. The van der Waals surface area contributed by atoms with Gasteiger partial charge in [-0.05, 0) is 85.6 Å². The van der Waals surface area contributed by atoms with E-state index in [0.29, 0.717) is 5.92 Å². The molecule has 1 amide bonds. The highest BCUT2D eigenvalue weighted by Gasteiger charge is 2.27. The normalized spacial score (nSPS) is 17.9. The number of guanidine groups is 1. The smallest absolute Gasteiger partial charge is 0.410 e. The molecule has 0 radical (unpaired) electrons. The van der Waals surface area contributed by atoms with E-state index in [1.807, 2.05) is 37.4 Å². The van der Waals surface area contributed by atoms with Crippen molar-refractivity contribution in [3.63, 3.8) is 0 Å². The van der Waals surface area contributed by atoms with E-state index in [1.54, 1.807) is 0 Å². The van der Waals surface area contributed by atoms with Crippen molar-refractivity contribution in [2.75, 3.05) is 26.2 Å². The summed E-state index contributed by atoms with van der Waals surface area (Å²) in [6, 6.07) is 0.242. The van der Waals surface area contributed by atoms with Gasteiger partial charge in [-0.2, -0.15) is 5.10 Å². The maximum Gasteiger partial charge on any atom is 0.410 e. The number of hydrogen-bond donors (Lipinski definition) is 2. The molecular formula is C24H45IN6O2. The van der Waals surface area contributed by atoms with E-state index in [0.717, 1.165) is 63.5 Å². The van der Waals surface area contributed by atoms with Crippen LogP contribution >= 0.6 is 24.0 Å². The number of aromatic nitrogens is 2. The molecule has 9 heteroatoms. The van der Waals surface area contributed by atoms with E-state index in [1.165, 1.54) is 11.3 Å². The van der Waals surface area contributed by atoms with Crippen LogP contribution < -0.4 is 10.6 Å². The van der Waals surface area contributed by atoms with Gasteiger partial charge in [-0.1, -0.05) is 0 Å². The topological polar surface area (TPSA) is 83.8 Å². The third-order valence-electron chi connectivity index (χ3n) is 5.87. The van der Waals surface area contributed by atoms with Gasteiger partial charge in [-0.25, -0.2) is 4.79 Å². The Morgan fingerprint density at radius 3 is 2.61 bits per heavy atom. The van der Waals surface area contributed by atoms with Crippen molar-refractivity contribution in [3.8, 4) is 0 Å². The molecule has 2 atom stereocenters. The third-order valence-corrected chi connectivity index (χ3v) is 5.87. The highest BCUT2D eigenvalue weighted by Crippen LogP contribution is 2.22. The first-order chi connectivity index (χ1) is 15.0. The molecule has 1 aromatic heterocycles. The van der Waals surface area contributed by atoms with Gasteiger partial charge in [0.2, 0.25) is 0 Å².